The predicted molar refractivity (Wildman–Crippen MR) is 40.3 cm³/mol. The lowest BCUT2D eigenvalue weighted by Crippen LogP contribution is -1.95. The van der Waals surface area contributed by atoms with E-state index in [1.54, 1.807) is 18.3 Å². The first-order valence-electron chi connectivity index (χ1n) is 2.95. The molecular formula is C7H6N2O2. The summed E-state index contributed by atoms with van der Waals surface area (Å²) in [5.74, 6) is 0. The van der Waals surface area contributed by atoms with Gasteiger partial charge in [0.1, 0.15) is 0 Å². The summed E-state index contributed by atoms with van der Waals surface area (Å²) in [5.41, 5.74) is 0.315. The van der Waals surface area contributed by atoms with Crippen molar-refractivity contribution in [3.8, 4) is 0 Å². The zero-order valence-corrected chi connectivity index (χ0v) is 5.73. The average molecular weight is 150 g/mol. The smallest absolute Gasteiger partial charge is 0.264 e. The zero-order valence-electron chi connectivity index (χ0n) is 5.73. The van der Waals surface area contributed by atoms with Crippen LogP contribution in [0.4, 0.5) is 0 Å². The molecule has 0 bridgehead atoms. The highest BCUT2D eigenvalue weighted by Gasteiger charge is 2.08. The molecule has 1 rings (SSSR count). The summed E-state index contributed by atoms with van der Waals surface area (Å²) >= 11 is 0. The molecule has 0 aromatic carbocycles. The van der Waals surface area contributed by atoms with Gasteiger partial charge in [-0.3, -0.25) is 15.1 Å². The van der Waals surface area contributed by atoms with E-state index < -0.39 is 4.92 Å². The Balaban J connectivity index is 2.95. The molecule has 1 heterocycles. The van der Waals surface area contributed by atoms with Crippen molar-refractivity contribution >= 4 is 5.70 Å². The molecule has 0 saturated heterocycles. The number of pyridine rings is 1. The van der Waals surface area contributed by atoms with E-state index in [2.05, 4.69) is 11.6 Å². The fourth-order valence-corrected chi connectivity index (χ4v) is 0.639. The fourth-order valence-electron chi connectivity index (χ4n) is 0.639. The Bertz CT molecular complexity index is 282. The molecule has 4 nitrogen and oxygen atoms in total. The van der Waals surface area contributed by atoms with Crippen LogP contribution in [0.5, 0.6) is 0 Å². The van der Waals surface area contributed by atoms with Crippen LogP contribution < -0.4 is 0 Å². The van der Waals surface area contributed by atoms with Crippen LogP contribution in [0.25, 0.3) is 5.70 Å². The minimum atomic E-state index is -0.531. The van der Waals surface area contributed by atoms with Crippen molar-refractivity contribution in [2.75, 3.05) is 0 Å². The van der Waals surface area contributed by atoms with Crippen molar-refractivity contribution in [2.24, 2.45) is 0 Å². The van der Waals surface area contributed by atoms with Gasteiger partial charge in [0, 0.05) is 12.4 Å². The highest BCUT2D eigenvalue weighted by Crippen LogP contribution is 2.09. The molecule has 11 heavy (non-hydrogen) atoms. The lowest BCUT2D eigenvalue weighted by atomic mass is 10.2. The SMILES string of the molecule is C=C(c1cccnc1)[N+](=O)[O-]. The van der Waals surface area contributed by atoms with Crippen LogP contribution in [0.2, 0.25) is 0 Å². The monoisotopic (exact) mass is 150 g/mol. The van der Waals surface area contributed by atoms with E-state index in [-0.39, 0.29) is 5.70 Å². The lowest BCUT2D eigenvalue weighted by Gasteiger charge is -1.93. The van der Waals surface area contributed by atoms with E-state index in [0.29, 0.717) is 5.56 Å². The van der Waals surface area contributed by atoms with Crippen LogP contribution in [-0.2, 0) is 0 Å². The van der Waals surface area contributed by atoms with E-state index in [0.717, 1.165) is 0 Å². The molecule has 0 unspecified atom stereocenters. The third-order valence-electron chi connectivity index (χ3n) is 1.22. The van der Waals surface area contributed by atoms with E-state index in [1.165, 1.54) is 6.20 Å². The maximum absolute atomic E-state index is 10.2. The Morgan fingerprint density at radius 2 is 2.45 bits per heavy atom. The van der Waals surface area contributed by atoms with Crippen LogP contribution >= 0.6 is 0 Å². The van der Waals surface area contributed by atoms with Crippen LogP contribution in [0, 0.1) is 10.1 Å². The Labute approximate surface area is 63.3 Å². The molecule has 0 fully saturated rings. The predicted octanol–water partition coefficient (Wildman–Crippen LogP) is 1.33. The fraction of sp³-hybridized carbons (Fsp3) is 0. The topological polar surface area (TPSA) is 56.0 Å². The Morgan fingerprint density at radius 1 is 1.73 bits per heavy atom. The summed E-state index contributed by atoms with van der Waals surface area (Å²) < 4.78 is 0. The molecule has 0 spiro atoms. The zero-order chi connectivity index (χ0) is 8.27. The molecule has 1 aromatic heterocycles. The van der Waals surface area contributed by atoms with Gasteiger partial charge in [-0.25, -0.2) is 0 Å². The molecule has 0 aliphatic heterocycles. The summed E-state index contributed by atoms with van der Waals surface area (Å²) in [5, 5.41) is 10.2. The number of hydrogen-bond acceptors (Lipinski definition) is 3. The first-order valence-corrected chi connectivity index (χ1v) is 2.95. The minimum absolute atomic E-state index is 0.127. The first-order chi connectivity index (χ1) is 5.22. The van der Waals surface area contributed by atoms with Crippen LogP contribution in [-0.4, -0.2) is 9.91 Å². The Hall–Kier alpha value is -1.71. The molecule has 0 aliphatic rings. The Kier molecular flexibility index (Phi) is 1.96. The molecule has 0 amide bonds. The number of hydrogen-bond donors (Lipinski definition) is 0. The molecule has 0 saturated carbocycles. The second-order valence-electron chi connectivity index (χ2n) is 1.95. The molecule has 1 aromatic rings. The van der Waals surface area contributed by atoms with Gasteiger partial charge in [0.25, 0.3) is 5.70 Å². The van der Waals surface area contributed by atoms with Gasteiger partial charge in [0.2, 0.25) is 0 Å². The summed E-state index contributed by atoms with van der Waals surface area (Å²) in [4.78, 5) is 13.4. The van der Waals surface area contributed by atoms with Gasteiger partial charge in [-0.1, -0.05) is 0 Å². The first kappa shape index (κ1) is 7.40. The molecular weight excluding hydrogens is 144 g/mol. The van der Waals surface area contributed by atoms with E-state index in [9.17, 15) is 10.1 Å². The largest absolute Gasteiger partial charge is 0.271 e. The highest BCUT2D eigenvalue weighted by molar-refractivity contribution is 5.54. The minimum Gasteiger partial charge on any atom is -0.264 e. The van der Waals surface area contributed by atoms with Crippen molar-refractivity contribution in [1.29, 1.82) is 0 Å². The number of nitro groups is 1. The van der Waals surface area contributed by atoms with Crippen molar-refractivity contribution in [3.63, 3.8) is 0 Å². The van der Waals surface area contributed by atoms with Crippen molar-refractivity contribution in [2.45, 2.75) is 0 Å². The van der Waals surface area contributed by atoms with E-state index >= 15 is 0 Å². The van der Waals surface area contributed by atoms with Crippen LogP contribution in [0.1, 0.15) is 5.56 Å². The average Bonchev–Trinajstić information content (AvgIpc) is 2.05. The third-order valence-corrected chi connectivity index (χ3v) is 1.22. The summed E-state index contributed by atoms with van der Waals surface area (Å²) in [6.07, 6.45) is 2.96. The standard InChI is InChI=1S/C7H6N2O2/c1-6(9(10)11)7-3-2-4-8-5-7/h2-5H,1H2. The second kappa shape index (κ2) is 2.92. The van der Waals surface area contributed by atoms with Crippen LogP contribution in [0.3, 0.4) is 0 Å². The van der Waals surface area contributed by atoms with Gasteiger partial charge in [0.15, 0.2) is 0 Å². The van der Waals surface area contributed by atoms with Gasteiger partial charge < -0.3 is 0 Å². The maximum atomic E-state index is 10.2. The normalized spacial score (nSPS) is 9.09. The molecule has 0 radical (unpaired) electrons. The van der Waals surface area contributed by atoms with Crippen molar-refractivity contribution in [1.82, 2.24) is 4.98 Å². The third kappa shape index (κ3) is 1.61. The molecule has 56 valence electrons. The van der Waals surface area contributed by atoms with Crippen molar-refractivity contribution < 1.29 is 4.92 Å². The van der Waals surface area contributed by atoms with Gasteiger partial charge in [-0.15, -0.1) is 0 Å². The Morgan fingerprint density at radius 3 is 2.91 bits per heavy atom. The van der Waals surface area contributed by atoms with Gasteiger partial charge >= 0.3 is 0 Å². The number of nitrogens with zero attached hydrogens (tertiary/aromatic N) is 2. The molecule has 0 aliphatic carbocycles. The summed E-state index contributed by atoms with van der Waals surface area (Å²) in [6.45, 7) is 3.29. The molecule has 4 heteroatoms. The lowest BCUT2D eigenvalue weighted by molar-refractivity contribution is -0.375. The van der Waals surface area contributed by atoms with E-state index in [4.69, 9.17) is 0 Å². The summed E-state index contributed by atoms with van der Waals surface area (Å²) in [6, 6.07) is 3.22. The maximum Gasteiger partial charge on any atom is 0.271 e. The number of aromatic nitrogens is 1. The van der Waals surface area contributed by atoms with Crippen molar-refractivity contribution in [3.05, 3.63) is 46.8 Å². The highest BCUT2D eigenvalue weighted by atomic mass is 16.6. The summed E-state index contributed by atoms with van der Waals surface area (Å²) in [7, 11) is 0. The molecule has 0 atom stereocenters. The van der Waals surface area contributed by atoms with Gasteiger partial charge in [0.05, 0.1) is 10.5 Å². The quantitative estimate of drug-likeness (QED) is 0.472. The second-order valence-corrected chi connectivity index (χ2v) is 1.95. The van der Waals surface area contributed by atoms with E-state index in [1.807, 2.05) is 0 Å². The number of rotatable bonds is 2. The van der Waals surface area contributed by atoms with Gasteiger partial charge in [-0.2, -0.15) is 0 Å². The van der Waals surface area contributed by atoms with Crippen LogP contribution in [0.15, 0.2) is 31.1 Å². The van der Waals surface area contributed by atoms with Gasteiger partial charge in [-0.05, 0) is 18.7 Å². The molecule has 0 N–H and O–H groups in total.